The minimum absolute atomic E-state index is 0.185. The Morgan fingerprint density at radius 2 is 1.90 bits per heavy atom. The van der Waals surface area contributed by atoms with Gasteiger partial charge in [0.05, 0.1) is 28.4 Å². The van der Waals surface area contributed by atoms with Crippen molar-refractivity contribution in [2.45, 2.75) is 18.9 Å². The molecule has 5 nitrogen and oxygen atoms in total. The lowest BCUT2D eigenvalue weighted by molar-refractivity contribution is -0.117. The number of halogens is 2. The molecular formula is C13H17Cl2N3O2. The Bertz CT molecular complexity index is 479. The molecule has 0 radical (unpaired) electrons. The van der Waals surface area contributed by atoms with Gasteiger partial charge in [0, 0.05) is 18.8 Å². The van der Waals surface area contributed by atoms with Crippen LogP contribution in [-0.2, 0) is 4.79 Å². The number of aliphatic hydroxyl groups excluding tert-OH is 1. The first kappa shape index (κ1) is 15.4. The molecule has 1 aromatic rings. The molecule has 1 aromatic carbocycles. The first-order chi connectivity index (χ1) is 9.45. The van der Waals surface area contributed by atoms with Gasteiger partial charge in [-0.05, 0) is 25.0 Å². The summed E-state index contributed by atoms with van der Waals surface area (Å²) >= 11 is 12.0. The average molecular weight is 318 g/mol. The molecule has 0 spiro atoms. The highest BCUT2D eigenvalue weighted by atomic mass is 35.5. The molecule has 1 aliphatic heterocycles. The third-order valence-corrected chi connectivity index (χ3v) is 3.85. The van der Waals surface area contributed by atoms with Crippen LogP contribution in [-0.4, -0.2) is 41.7 Å². The zero-order chi connectivity index (χ0) is 14.7. The molecule has 0 unspecified atom stereocenters. The Morgan fingerprint density at radius 3 is 2.45 bits per heavy atom. The Kier molecular flexibility index (Phi) is 5.10. The summed E-state index contributed by atoms with van der Waals surface area (Å²) in [5.41, 5.74) is 6.43. The van der Waals surface area contributed by atoms with E-state index in [2.05, 4.69) is 5.32 Å². The number of rotatable bonds is 3. The van der Waals surface area contributed by atoms with Crippen LogP contribution in [0.5, 0.6) is 0 Å². The maximum atomic E-state index is 12.0. The molecule has 1 amide bonds. The number of hydrogen-bond acceptors (Lipinski definition) is 4. The lowest BCUT2D eigenvalue weighted by atomic mass is 10.1. The Morgan fingerprint density at radius 1 is 1.35 bits per heavy atom. The van der Waals surface area contributed by atoms with E-state index < -0.39 is 0 Å². The van der Waals surface area contributed by atoms with Crippen molar-refractivity contribution in [1.29, 1.82) is 0 Å². The van der Waals surface area contributed by atoms with E-state index in [1.54, 1.807) is 12.1 Å². The van der Waals surface area contributed by atoms with Gasteiger partial charge in [-0.25, -0.2) is 0 Å². The van der Waals surface area contributed by atoms with E-state index in [0.717, 1.165) is 0 Å². The number of benzene rings is 1. The van der Waals surface area contributed by atoms with Gasteiger partial charge in [-0.1, -0.05) is 23.2 Å². The third-order valence-electron chi connectivity index (χ3n) is 3.25. The van der Waals surface area contributed by atoms with Crippen LogP contribution in [0.1, 0.15) is 12.8 Å². The number of likely N-dealkylation sites (tertiary alicyclic amines) is 1. The molecule has 4 N–H and O–H groups in total. The van der Waals surface area contributed by atoms with Gasteiger partial charge in [0.25, 0.3) is 0 Å². The lowest BCUT2D eigenvalue weighted by Gasteiger charge is -2.28. The fourth-order valence-corrected chi connectivity index (χ4v) is 2.77. The van der Waals surface area contributed by atoms with E-state index >= 15 is 0 Å². The fraction of sp³-hybridized carbons (Fsp3) is 0.462. The van der Waals surface area contributed by atoms with Crippen LogP contribution in [0.25, 0.3) is 0 Å². The van der Waals surface area contributed by atoms with Gasteiger partial charge in [0.15, 0.2) is 0 Å². The number of nitrogen functional groups attached to an aromatic ring is 1. The summed E-state index contributed by atoms with van der Waals surface area (Å²) in [4.78, 5) is 14.0. The van der Waals surface area contributed by atoms with E-state index in [-0.39, 0.29) is 18.6 Å². The molecule has 0 bridgehead atoms. The molecule has 110 valence electrons. The van der Waals surface area contributed by atoms with Gasteiger partial charge in [0.2, 0.25) is 5.91 Å². The monoisotopic (exact) mass is 317 g/mol. The maximum absolute atomic E-state index is 12.0. The first-order valence-corrected chi connectivity index (χ1v) is 7.16. The van der Waals surface area contributed by atoms with Gasteiger partial charge in [0.1, 0.15) is 0 Å². The normalized spacial score (nSPS) is 17.1. The second kappa shape index (κ2) is 6.63. The SMILES string of the molecule is Nc1cc(Cl)c(NC(=O)CN2CCC(O)CC2)c(Cl)c1. The summed E-state index contributed by atoms with van der Waals surface area (Å²) in [7, 11) is 0. The predicted octanol–water partition coefficient (Wildman–Crippen LogP) is 1.97. The average Bonchev–Trinajstić information content (AvgIpc) is 2.36. The number of hydrogen-bond donors (Lipinski definition) is 3. The molecule has 1 aliphatic rings. The maximum Gasteiger partial charge on any atom is 0.238 e. The second-order valence-corrected chi connectivity index (χ2v) is 5.73. The molecule has 1 saturated heterocycles. The van der Waals surface area contributed by atoms with Crippen molar-refractivity contribution in [2.75, 3.05) is 30.7 Å². The smallest absolute Gasteiger partial charge is 0.238 e. The molecule has 0 aromatic heterocycles. The number of anilines is 2. The number of nitrogens with two attached hydrogens (primary N) is 1. The molecule has 7 heteroatoms. The number of carbonyl (C=O) groups excluding carboxylic acids is 1. The van der Waals surface area contributed by atoms with E-state index in [9.17, 15) is 9.90 Å². The summed E-state index contributed by atoms with van der Waals surface area (Å²) in [5.74, 6) is -0.185. The number of carbonyl (C=O) groups is 1. The van der Waals surface area contributed by atoms with Crippen LogP contribution in [0.2, 0.25) is 10.0 Å². The number of amides is 1. The van der Waals surface area contributed by atoms with Gasteiger partial charge < -0.3 is 16.2 Å². The van der Waals surface area contributed by atoms with Gasteiger partial charge >= 0.3 is 0 Å². The highest BCUT2D eigenvalue weighted by Gasteiger charge is 2.20. The molecular weight excluding hydrogens is 301 g/mol. The molecule has 1 heterocycles. The summed E-state index contributed by atoms with van der Waals surface area (Å²) in [6.07, 6.45) is 1.13. The fourth-order valence-electron chi connectivity index (χ4n) is 2.17. The van der Waals surface area contributed by atoms with Gasteiger partial charge in [-0.15, -0.1) is 0 Å². The summed E-state index contributed by atoms with van der Waals surface area (Å²) in [6, 6.07) is 3.08. The van der Waals surface area contributed by atoms with Crippen LogP contribution in [0, 0.1) is 0 Å². The Hall–Kier alpha value is -1.01. The van der Waals surface area contributed by atoms with Crippen LogP contribution in [0.15, 0.2) is 12.1 Å². The van der Waals surface area contributed by atoms with Gasteiger partial charge in [-0.3, -0.25) is 9.69 Å². The van der Waals surface area contributed by atoms with Crippen molar-refractivity contribution in [3.8, 4) is 0 Å². The van der Waals surface area contributed by atoms with E-state index in [1.165, 1.54) is 0 Å². The topological polar surface area (TPSA) is 78.6 Å². The van der Waals surface area contributed by atoms with Crippen LogP contribution >= 0.6 is 23.2 Å². The summed E-state index contributed by atoms with van der Waals surface area (Å²) in [5, 5.41) is 12.8. The third kappa shape index (κ3) is 3.99. The minimum atomic E-state index is -0.254. The minimum Gasteiger partial charge on any atom is -0.399 e. The first-order valence-electron chi connectivity index (χ1n) is 6.40. The van der Waals surface area contributed by atoms with Crippen molar-refractivity contribution >= 4 is 40.5 Å². The molecule has 20 heavy (non-hydrogen) atoms. The number of nitrogens with zero attached hydrogens (tertiary/aromatic N) is 1. The predicted molar refractivity (Wildman–Crippen MR) is 81.2 cm³/mol. The molecule has 2 rings (SSSR count). The van der Waals surface area contributed by atoms with Crippen molar-refractivity contribution < 1.29 is 9.90 Å². The standard InChI is InChI=1S/C13H17Cl2N3O2/c14-10-5-8(16)6-11(15)13(10)17-12(20)7-18-3-1-9(19)2-4-18/h5-6,9,19H,1-4,7,16H2,(H,17,20). The van der Waals surface area contributed by atoms with E-state index in [1.807, 2.05) is 4.90 Å². The highest BCUT2D eigenvalue weighted by molar-refractivity contribution is 6.40. The van der Waals surface area contributed by atoms with Crippen molar-refractivity contribution in [3.05, 3.63) is 22.2 Å². The quantitative estimate of drug-likeness (QED) is 0.745. The van der Waals surface area contributed by atoms with Crippen molar-refractivity contribution in [3.63, 3.8) is 0 Å². The molecule has 0 aliphatic carbocycles. The largest absolute Gasteiger partial charge is 0.399 e. The summed E-state index contributed by atoms with van der Waals surface area (Å²) < 4.78 is 0. The van der Waals surface area contributed by atoms with Crippen molar-refractivity contribution in [2.24, 2.45) is 0 Å². The molecule has 0 atom stereocenters. The van der Waals surface area contributed by atoms with Crippen LogP contribution in [0.4, 0.5) is 11.4 Å². The Labute approximate surface area is 127 Å². The lowest BCUT2D eigenvalue weighted by Crippen LogP contribution is -2.40. The number of nitrogens with one attached hydrogen (secondary N) is 1. The van der Waals surface area contributed by atoms with E-state index in [4.69, 9.17) is 28.9 Å². The van der Waals surface area contributed by atoms with Gasteiger partial charge in [-0.2, -0.15) is 0 Å². The zero-order valence-corrected chi connectivity index (χ0v) is 12.4. The highest BCUT2D eigenvalue weighted by Crippen LogP contribution is 2.32. The number of aliphatic hydroxyl groups is 1. The second-order valence-electron chi connectivity index (χ2n) is 4.92. The van der Waals surface area contributed by atoms with Crippen LogP contribution in [0.3, 0.4) is 0 Å². The Balaban J connectivity index is 1.95. The molecule has 0 saturated carbocycles. The van der Waals surface area contributed by atoms with Crippen LogP contribution < -0.4 is 11.1 Å². The van der Waals surface area contributed by atoms with E-state index in [0.29, 0.717) is 47.4 Å². The summed E-state index contributed by atoms with van der Waals surface area (Å²) in [6.45, 7) is 1.67. The molecule has 1 fully saturated rings. The van der Waals surface area contributed by atoms with Crippen molar-refractivity contribution in [1.82, 2.24) is 4.90 Å². The zero-order valence-electron chi connectivity index (χ0n) is 10.9. The number of piperidine rings is 1.